The van der Waals surface area contributed by atoms with Crippen LogP contribution in [0.4, 0.5) is 0 Å². The van der Waals surface area contributed by atoms with E-state index in [2.05, 4.69) is 25.3 Å². The van der Waals surface area contributed by atoms with E-state index in [0.717, 1.165) is 22.4 Å². The van der Waals surface area contributed by atoms with Crippen LogP contribution < -0.4 is 5.32 Å². The van der Waals surface area contributed by atoms with Crippen molar-refractivity contribution < 1.29 is 9.90 Å². The number of aliphatic hydroxyl groups is 1. The molecule has 3 heterocycles. The average molecular weight is 440 g/mol. The zero-order valence-electron chi connectivity index (χ0n) is 18.6. The smallest absolute Gasteiger partial charge is 0.251 e. The van der Waals surface area contributed by atoms with Gasteiger partial charge in [-0.25, -0.2) is 9.97 Å². The minimum absolute atomic E-state index is 0.230. The van der Waals surface area contributed by atoms with Crippen LogP contribution in [0.15, 0.2) is 73.3 Å². The molecule has 1 amide bonds. The van der Waals surface area contributed by atoms with Crippen molar-refractivity contribution in [2.45, 2.75) is 26.4 Å². The van der Waals surface area contributed by atoms with Gasteiger partial charge in [0.15, 0.2) is 0 Å². The molecule has 7 heteroatoms. The van der Waals surface area contributed by atoms with Crippen molar-refractivity contribution in [1.82, 2.24) is 25.3 Å². The third-order valence-corrected chi connectivity index (χ3v) is 5.24. The van der Waals surface area contributed by atoms with E-state index >= 15 is 0 Å². The quantitative estimate of drug-likeness (QED) is 0.456. The van der Waals surface area contributed by atoms with Gasteiger partial charge in [-0.2, -0.15) is 0 Å². The summed E-state index contributed by atoms with van der Waals surface area (Å²) in [5, 5.41) is 13.9. The van der Waals surface area contributed by atoms with Gasteiger partial charge in [-0.15, -0.1) is 0 Å². The normalized spacial score (nSPS) is 11.7. The molecule has 1 aromatic carbocycles. The summed E-state index contributed by atoms with van der Waals surface area (Å²) in [5.41, 5.74) is 5.00. The molecule has 0 saturated carbocycles. The van der Waals surface area contributed by atoms with Gasteiger partial charge in [0, 0.05) is 42.5 Å². The molecule has 2 N–H and O–H groups in total. The highest BCUT2D eigenvalue weighted by molar-refractivity contribution is 5.95. The van der Waals surface area contributed by atoms with Gasteiger partial charge in [-0.1, -0.05) is 12.1 Å². The minimum Gasteiger partial charge on any atom is -0.382 e. The Hall–Kier alpha value is -3.97. The van der Waals surface area contributed by atoms with Crippen LogP contribution in [-0.4, -0.2) is 37.5 Å². The second kappa shape index (κ2) is 10.1. The highest BCUT2D eigenvalue weighted by atomic mass is 16.3. The molecule has 1 atom stereocenters. The number of aromatic nitrogens is 4. The van der Waals surface area contributed by atoms with Crippen LogP contribution in [0.5, 0.6) is 0 Å². The van der Waals surface area contributed by atoms with Crippen molar-refractivity contribution in [3.8, 4) is 11.3 Å². The van der Waals surface area contributed by atoms with Crippen LogP contribution in [-0.2, 0) is 6.42 Å². The van der Waals surface area contributed by atoms with Crippen molar-refractivity contribution in [3.05, 3.63) is 107 Å². The molecule has 7 nitrogen and oxygen atoms in total. The highest BCUT2D eigenvalue weighted by Gasteiger charge is 2.17. The van der Waals surface area contributed by atoms with Crippen LogP contribution in [0.25, 0.3) is 11.3 Å². The lowest BCUT2D eigenvalue weighted by Crippen LogP contribution is -2.26. The van der Waals surface area contributed by atoms with Crippen molar-refractivity contribution in [2.75, 3.05) is 6.54 Å². The Morgan fingerprint density at radius 2 is 1.79 bits per heavy atom. The summed E-state index contributed by atoms with van der Waals surface area (Å²) in [6, 6.07) is 14.6. The number of aryl methyl sites for hydroxylation is 2. The number of pyridine rings is 2. The number of nitrogens with zero attached hydrogens (tertiary/aromatic N) is 4. The summed E-state index contributed by atoms with van der Waals surface area (Å²) in [4.78, 5) is 30.1. The second-order valence-electron chi connectivity index (χ2n) is 7.87. The Labute approximate surface area is 192 Å². The Kier molecular flexibility index (Phi) is 6.80. The Morgan fingerprint density at radius 3 is 2.48 bits per heavy atom. The maximum absolute atomic E-state index is 13.0. The van der Waals surface area contributed by atoms with Gasteiger partial charge in [0.1, 0.15) is 11.9 Å². The van der Waals surface area contributed by atoms with Crippen LogP contribution in [0.3, 0.4) is 0 Å². The van der Waals surface area contributed by atoms with Gasteiger partial charge in [0.25, 0.3) is 5.91 Å². The van der Waals surface area contributed by atoms with Gasteiger partial charge in [0.2, 0.25) is 0 Å². The molecule has 1 unspecified atom stereocenters. The van der Waals surface area contributed by atoms with E-state index in [1.54, 1.807) is 49.1 Å². The van der Waals surface area contributed by atoms with Crippen molar-refractivity contribution >= 4 is 5.91 Å². The fourth-order valence-corrected chi connectivity index (χ4v) is 3.41. The molecule has 166 valence electrons. The molecule has 0 radical (unpaired) electrons. The lowest BCUT2D eigenvalue weighted by atomic mass is 9.97. The first kappa shape index (κ1) is 22.2. The van der Waals surface area contributed by atoms with E-state index in [0.29, 0.717) is 35.6 Å². The van der Waals surface area contributed by atoms with E-state index in [1.165, 1.54) is 0 Å². The monoisotopic (exact) mass is 439 g/mol. The number of rotatable bonds is 7. The lowest BCUT2D eigenvalue weighted by Gasteiger charge is -2.15. The van der Waals surface area contributed by atoms with Crippen molar-refractivity contribution in [1.29, 1.82) is 0 Å². The van der Waals surface area contributed by atoms with E-state index in [4.69, 9.17) is 0 Å². The third-order valence-electron chi connectivity index (χ3n) is 5.24. The Morgan fingerprint density at radius 1 is 0.970 bits per heavy atom. The number of carbonyl (C=O) groups is 1. The van der Waals surface area contributed by atoms with E-state index in [9.17, 15) is 9.90 Å². The van der Waals surface area contributed by atoms with Crippen molar-refractivity contribution in [3.63, 3.8) is 0 Å². The first-order valence-electron chi connectivity index (χ1n) is 10.7. The minimum atomic E-state index is -0.965. The molecule has 4 rings (SSSR count). The van der Waals surface area contributed by atoms with Gasteiger partial charge in [-0.3, -0.25) is 14.8 Å². The predicted molar refractivity (Wildman–Crippen MR) is 126 cm³/mol. The summed E-state index contributed by atoms with van der Waals surface area (Å²) in [6.45, 7) is 4.24. The lowest BCUT2D eigenvalue weighted by molar-refractivity contribution is 0.0954. The molecule has 0 aliphatic heterocycles. The number of amides is 1. The maximum atomic E-state index is 13.0. The average Bonchev–Trinajstić information content (AvgIpc) is 2.85. The summed E-state index contributed by atoms with van der Waals surface area (Å²) >= 11 is 0. The van der Waals surface area contributed by atoms with E-state index < -0.39 is 6.10 Å². The molecule has 0 bridgehead atoms. The standard InChI is InChI=1S/C26H25N5O2/c1-17-6-7-23(31-14-17)20-11-21(25(32)24-5-3-4-9-27-24)13-22(12-20)26(33)28-10-8-19-15-29-18(2)30-16-19/h3-7,9,11-16,25,32H,8,10H2,1-2H3,(H,28,33). The summed E-state index contributed by atoms with van der Waals surface area (Å²) in [6.07, 6.45) is 6.59. The molecular formula is C26H25N5O2. The molecule has 0 saturated heterocycles. The highest BCUT2D eigenvalue weighted by Crippen LogP contribution is 2.27. The second-order valence-corrected chi connectivity index (χ2v) is 7.87. The van der Waals surface area contributed by atoms with Gasteiger partial charge < -0.3 is 10.4 Å². The SMILES string of the molecule is Cc1ccc(-c2cc(C(=O)NCCc3cnc(C)nc3)cc(C(O)c3ccccn3)c2)nc1. The van der Waals surface area contributed by atoms with Crippen LogP contribution in [0.2, 0.25) is 0 Å². The molecule has 33 heavy (non-hydrogen) atoms. The van der Waals surface area contributed by atoms with Crippen LogP contribution in [0.1, 0.15) is 44.7 Å². The van der Waals surface area contributed by atoms with E-state index in [1.807, 2.05) is 38.1 Å². The van der Waals surface area contributed by atoms with Gasteiger partial charge >= 0.3 is 0 Å². The molecule has 3 aromatic heterocycles. The van der Waals surface area contributed by atoms with Gasteiger partial charge in [0.05, 0.1) is 11.4 Å². The topological polar surface area (TPSA) is 101 Å². The fourth-order valence-electron chi connectivity index (χ4n) is 3.41. The molecule has 0 aliphatic carbocycles. The molecular weight excluding hydrogens is 414 g/mol. The van der Waals surface area contributed by atoms with Crippen LogP contribution >= 0.6 is 0 Å². The largest absolute Gasteiger partial charge is 0.382 e. The van der Waals surface area contributed by atoms with Crippen molar-refractivity contribution in [2.24, 2.45) is 0 Å². The van der Waals surface area contributed by atoms with Gasteiger partial charge in [-0.05, 0) is 73.4 Å². The number of nitrogens with one attached hydrogen (secondary N) is 1. The number of hydrogen-bond acceptors (Lipinski definition) is 6. The first-order chi connectivity index (χ1) is 16.0. The van der Waals surface area contributed by atoms with Crippen LogP contribution in [0, 0.1) is 13.8 Å². The predicted octanol–water partition coefficient (Wildman–Crippen LogP) is 3.60. The zero-order valence-corrected chi connectivity index (χ0v) is 18.6. The summed E-state index contributed by atoms with van der Waals surface area (Å²) in [5.74, 6) is 0.481. The molecule has 0 fully saturated rings. The molecule has 0 aliphatic rings. The zero-order chi connectivity index (χ0) is 23.2. The summed E-state index contributed by atoms with van der Waals surface area (Å²) in [7, 11) is 0. The number of aliphatic hydroxyl groups excluding tert-OH is 1. The number of hydrogen-bond donors (Lipinski definition) is 2. The van der Waals surface area contributed by atoms with E-state index in [-0.39, 0.29) is 5.91 Å². The maximum Gasteiger partial charge on any atom is 0.251 e. The fraction of sp³-hybridized carbons (Fsp3) is 0.192. The summed E-state index contributed by atoms with van der Waals surface area (Å²) < 4.78 is 0. The number of carbonyl (C=O) groups excluding carboxylic acids is 1. The molecule has 4 aromatic rings. The Bertz CT molecular complexity index is 1230. The number of benzene rings is 1. The third kappa shape index (κ3) is 5.64. The first-order valence-corrected chi connectivity index (χ1v) is 10.7. The molecule has 0 spiro atoms. The Balaban J connectivity index is 1.60.